The van der Waals surface area contributed by atoms with E-state index in [-0.39, 0.29) is 16.4 Å². The molecule has 1 heterocycles. The fourth-order valence-electron chi connectivity index (χ4n) is 1.62. The Balaban J connectivity index is 2.42. The van der Waals surface area contributed by atoms with Crippen molar-refractivity contribution < 1.29 is 13.6 Å². The Labute approximate surface area is 104 Å². The number of benzene rings is 1. The van der Waals surface area contributed by atoms with Gasteiger partial charge in [-0.15, -0.1) is 0 Å². The molecule has 1 amide bonds. The van der Waals surface area contributed by atoms with Crippen LogP contribution in [0.5, 0.6) is 0 Å². The average Bonchev–Trinajstić information content (AvgIpc) is 2.55. The van der Waals surface area contributed by atoms with Crippen molar-refractivity contribution in [3.63, 3.8) is 0 Å². The van der Waals surface area contributed by atoms with Gasteiger partial charge in [0.05, 0.1) is 5.69 Å². The zero-order valence-electron chi connectivity index (χ0n) is 8.01. The Morgan fingerprint density at radius 3 is 2.69 bits per heavy atom. The predicted molar refractivity (Wildman–Crippen MR) is 61.1 cm³/mol. The highest BCUT2D eigenvalue weighted by atomic mass is 79.9. The molecule has 0 radical (unpaired) electrons. The summed E-state index contributed by atoms with van der Waals surface area (Å²) in [6.07, 6.45) is 0.300. The van der Waals surface area contributed by atoms with Crippen LogP contribution in [0.4, 0.5) is 14.5 Å². The minimum Gasteiger partial charge on any atom is -0.308 e. The number of nitrogens with zero attached hydrogens (tertiary/aromatic N) is 1. The van der Waals surface area contributed by atoms with Gasteiger partial charge in [0, 0.05) is 17.8 Å². The van der Waals surface area contributed by atoms with Crippen LogP contribution in [0, 0.1) is 11.6 Å². The van der Waals surface area contributed by atoms with Gasteiger partial charge >= 0.3 is 0 Å². The molecule has 1 aromatic carbocycles. The predicted octanol–water partition coefficient (Wildman–Crippen LogP) is 3.12. The standard InChI is InChI=1S/C10H7BrClF2NO/c11-5-3-8(16)15(4-5)7-2-1-6(13)9(12)10(7)14/h1-2,5H,3-4H2. The number of carbonyl (C=O) groups is 1. The van der Waals surface area contributed by atoms with Gasteiger partial charge < -0.3 is 4.90 Å². The van der Waals surface area contributed by atoms with Crippen molar-refractivity contribution in [3.8, 4) is 0 Å². The molecule has 0 saturated carbocycles. The summed E-state index contributed by atoms with van der Waals surface area (Å²) in [7, 11) is 0. The maximum Gasteiger partial charge on any atom is 0.228 e. The monoisotopic (exact) mass is 309 g/mol. The Kier molecular flexibility index (Phi) is 3.17. The van der Waals surface area contributed by atoms with Gasteiger partial charge in [0.2, 0.25) is 5.91 Å². The van der Waals surface area contributed by atoms with Gasteiger partial charge in [0.1, 0.15) is 10.8 Å². The maximum absolute atomic E-state index is 13.6. The van der Waals surface area contributed by atoms with Crippen LogP contribution in [-0.2, 0) is 4.79 Å². The van der Waals surface area contributed by atoms with E-state index in [2.05, 4.69) is 15.9 Å². The number of carbonyl (C=O) groups excluding carboxylic acids is 1. The third-order valence-electron chi connectivity index (χ3n) is 2.38. The molecule has 0 bridgehead atoms. The largest absolute Gasteiger partial charge is 0.308 e. The number of halogens is 4. The molecule has 1 unspecified atom stereocenters. The normalized spacial score (nSPS) is 20.6. The van der Waals surface area contributed by atoms with Crippen LogP contribution in [0.25, 0.3) is 0 Å². The van der Waals surface area contributed by atoms with E-state index < -0.39 is 16.7 Å². The fraction of sp³-hybridized carbons (Fsp3) is 0.300. The van der Waals surface area contributed by atoms with Gasteiger partial charge in [-0.3, -0.25) is 4.79 Å². The summed E-state index contributed by atoms with van der Waals surface area (Å²) < 4.78 is 26.6. The zero-order chi connectivity index (χ0) is 11.9. The van der Waals surface area contributed by atoms with E-state index in [1.54, 1.807) is 0 Å². The lowest BCUT2D eigenvalue weighted by Gasteiger charge is -2.17. The third kappa shape index (κ3) is 1.94. The van der Waals surface area contributed by atoms with Crippen LogP contribution in [0.15, 0.2) is 12.1 Å². The minimum atomic E-state index is -0.892. The lowest BCUT2D eigenvalue weighted by molar-refractivity contribution is -0.117. The first-order chi connectivity index (χ1) is 7.50. The van der Waals surface area contributed by atoms with Crippen molar-refractivity contribution in [2.75, 3.05) is 11.4 Å². The molecule has 1 fully saturated rings. The number of anilines is 1. The second kappa shape index (κ2) is 4.30. The van der Waals surface area contributed by atoms with E-state index in [0.717, 1.165) is 6.07 Å². The first kappa shape index (κ1) is 11.8. The molecule has 1 aliphatic heterocycles. The summed E-state index contributed by atoms with van der Waals surface area (Å²) in [5.74, 6) is -1.93. The van der Waals surface area contributed by atoms with Crippen molar-refractivity contribution in [2.24, 2.45) is 0 Å². The van der Waals surface area contributed by atoms with E-state index in [0.29, 0.717) is 13.0 Å². The molecule has 2 nitrogen and oxygen atoms in total. The number of hydrogen-bond acceptors (Lipinski definition) is 1. The lowest BCUT2D eigenvalue weighted by Crippen LogP contribution is -2.25. The molecule has 1 aliphatic rings. The average molecular weight is 311 g/mol. The van der Waals surface area contributed by atoms with Crippen molar-refractivity contribution in [1.29, 1.82) is 0 Å². The van der Waals surface area contributed by atoms with E-state index in [9.17, 15) is 13.6 Å². The number of hydrogen-bond donors (Lipinski definition) is 0. The van der Waals surface area contributed by atoms with Crippen molar-refractivity contribution in [3.05, 3.63) is 28.8 Å². The summed E-state index contributed by atoms with van der Waals surface area (Å²) in [5.41, 5.74) is 0.0263. The first-order valence-corrected chi connectivity index (χ1v) is 5.88. The zero-order valence-corrected chi connectivity index (χ0v) is 10.4. The van der Waals surface area contributed by atoms with Crippen molar-refractivity contribution in [2.45, 2.75) is 11.2 Å². The quantitative estimate of drug-likeness (QED) is 0.576. The lowest BCUT2D eigenvalue weighted by atomic mass is 10.2. The van der Waals surface area contributed by atoms with Crippen molar-refractivity contribution >= 4 is 39.1 Å². The molecule has 0 aliphatic carbocycles. The molecule has 2 rings (SSSR count). The molecular weight excluding hydrogens is 303 g/mol. The Morgan fingerprint density at radius 2 is 2.12 bits per heavy atom. The Bertz CT molecular complexity index is 455. The summed E-state index contributed by atoms with van der Waals surface area (Å²) in [4.78, 5) is 12.8. The van der Waals surface area contributed by atoms with Gasteiger partial charge in [0.25, 0.3) is 0 Å². The molecule has 0 aromatic heterocycles. The van der Waals surface area contributed by atoms with Gasteiger partial charge in [-0.2, -0.15) is 0 Å². The highest BCUT2D eigenvalue weighted by Gasteiger charge is 2.31. The third-order valence-corrected chi connectivity index (χ3v) is 3.34. The molecule has 1 aromatic rings. The summed E-state index contributed by atoms with van der Waals surface area (Å²) in [6.45, 7) is 0.359. The molecule has 0 N–H and O–H groups in total. The van der Waals surface area contributed by atoms with Gasteiger partial charge in [-0.05, 0) is 12.1 Å². The Morgan fingerprint density at radius 1 is 1.44 bits per heavy atom. The number of rotatable bonds is 1. The van der Waals surface area contributed by atoms with Crippen LogP contribution in [0.1, 0.15) is 6.42 Å². The molecular formula is C10H7BrClF2NO. The second-order valence-electron chi connectivity index (χ2n) is 3.50. The van der Waals surface area contributed by atoms with E-state index in [1.165, 1.54) is 11.0 Å². The van der Waals surface area contributed by atoms with Crippen LogP contribution in [0.3, 0.4) is 0 Å². The summed E-state index contributed by atoms with van der Waals surface area (Å²) >= 11 is 8.73. The molecule has 1 atom stereocenters. The smallest absolute Gasteiger partial charge is 0.228 e. The fourth-order valence-corrected chi connectivity index (χ4v) is 2.35. The van der Waals surface area contributed by atoms with E-state index in [4.69, 9.17) is 11.6 Å². The van der Waals surface area contributed by atoms with E-state index in [1.807, 2.05) is 0 Å². The first-order valence-electron chi connectivity index (χ1n) is 4.58. The summed E-state index contributed by atoms with van der Waals surface area (Å²) in [6, 6.07) is 2.27. The van der Waals surface area contributed by atoms with Gasteiger partial charge in [-0.25, -0.2) is 8.78 Å². The molecule has 1 saturated heterocycles. The Hall–Kier alpha value is -0.680. The maximum atomic E-state index is 13.6. The molecule has 86 valence electrons. The molecule has 0 spiro atoms. The van der Waals surface area contributed by atoms with Crippen molar-refractivity contribution in [1.82, 2.24) is 0 Å². The van der Waals surface area contributed by atoms with Crippen LogP contribution < -0.4 is 4.90 Å². The van der Waals surface area contributed by atoms with Crippen LogP contribution >= 0.6 is 27.5 Å². The minimum absolute atomic E-state index is 0.0109. The van der Waals surface area contributed by atoms with Crippen LogP contribution in [-0.4, -0.2) is 17.3 Å². The highest BCUT2D eigenvalue weighted by molar-refractivity contribution is 9.09. The second-order valence-corrected chi connectivity index (χ2v) is 5.17. The topological polar surface area (TPSA) is 20.3 Å². The summed E-state index contributed by atoms with van der Waals surface area (Å²) in [5, 5.41) is -0.580. The molecule has 6 heteroatoms. The number of alkyl halides is 1. The number of amides is 1. The van der Waals surface area contributed by atoms with Crippen LogP contribution in [0.2, 0.25) is 5.02 Å². The van der Waals surface area contributed by atoms with E-state index >= 15 is 0 Å². The van der Waals surface area contributed by atoms with Gasteiger partial charge in [-0.1, -0.05) is 27.5 Å². The highest BCUT2D eigenvalue weighted by Crippen LogP contribution is 2.32. The molecule has 16 heavy (non-hydrogen) atoms. The SMILES string of the molecule is O=C1CC(Br)CN1c1ccc(F)c(Cl)c1F. The van der Waals surface area contributed by atoms with Gasteiger partial charge in [0.15, 0.2) is 5.82 Å².